The van der Waals surface area contributed by atoms with Gasteiger partial charge in [0.05, 0.1) is 15.6 Å². The first kappa shape index (κ1) is 23.9. The van der Waals surface area contributed by atoms with Crippen molar-refractivity contribution in [1.29, 1.82) is 0 Å². The molecule has 2 aromatic rings. The molecule has 2 aromatic heterocycles. The van der Waals surface area contributed by atoms with E-state index in [1.807, 2.05) is 24.7 Å². The van der Waals surface area contributed by atoms with Gasteiger partial charge in [0.25, 0.3) is 0 Å². The molecule has 1 aliphatic heterocycles. The minimum atomic E-state index is -0.579. The molecule has 1 fully saturated rings. The second-order valence-electron chi connectivity index (χ2n) is 8.09. The first-order valence-corrected chi connectivity index (χ1v) is 12.0. The van der Waals surface area contributed by atoms with Crippen molar-refractivity contribution in [2.24, 2.45) is 0 Å². The molecule has 0 amide bonds. The molecule has 8 nitrogen and oxygen atoms in total. The summed E-state index contributed by atoms with van der Waals surface area (Å²) in [5, 5.41) is 3.83. The van der Waals surface area contributed by atoms with E-state index in [1.165, 1.54) is 0 Å². The average molecular weight is 541 g/mol. The highest BCUT2D eigenvalue weighted by molar-refractivity contribution is 14.1. The molecule has 9 heteroatoms. The number of nitrogens with zero attached hydrogens (tertiary/aromatic N) is 4. The number of nitrogens with one attached hydrogen (secondary N) is 1. The molecule has 0 bridgehead atoms. The van der Waals surface area contributed by atoms with E-state index in [2.05, 4.69) is 44.6 Å². The van der Waals surface area contributed by atoms with Crippen LogP contribution in [0.4, 0.5) is 5.82 Å². The SMILES string of the molecule is CCOC(=O)c1cn(CC2CCCN2CC)c2nc(NCCN(C)C)c(I)cc2c1=O. The summed E-state index contributed by atoms with van der Waals surface area (Å²) in [5.74, 6) is 0.177. The molecule has 31 heavy (non-hydrogen) atoms. The summed E-state index contributed by atoms with van der Waals surface area (Å²) in [7, 11) is 4.05. The number of likely N-dealkylation sites (tertiary alicyclic amines) is 1. The molecule has 0 saturated carbocycles. The Labute approximate surface area is 197 Å². The molecule has 0 spiro atoms. The molecule has 3 rings (SSSR count). The van der Waals surface area contributed by atoms with Gasteiger partial charge in [0.2, 0.25) is 5.43 Å². The standard InChI is InChI=1S/C22H32IN5O3/c1-5-27-10-7-8-15(27)13-28-14-17(22(30)31-6-2)19(29)16-12-18(23)20(25-21(16)28)24-9-11-26(3)4/h12,14-15H,5-11,13H2,1-4H3,(H,24,25). The number of hydrogen-bond donors (Lipinski definition) is 1. The van der Waals surface area contributed by atoms with Gasteiger partial charge in [-0.25, -0.2) is 9.78 Å². The van der Waals surface area contributed by atoms with Crippen LogP contribution in [-0.4, -0.2) is 78.2 Å². The topological polar surface area (TPSA) is 79.7 Å². The summed E-state index contributed by atoms with van der Waals surface area (Å²) in [5.41, 5.74) is 0.351. The third-order valence-corrected chi connectivity index (χ3v) is 6.48. The molecule has 1 atom stereocenters. The summed E-state index contributed by atoms with van der Waals surface area (Å²) < 4.78 is 7.97. The van der Waals surface area contributed by atoms with Crippen LogP contribution >= 0.6 is 22.6 Å². The van der Waals surface area contributed by atoms with Gasteiger partial charge in [-0.1, -0.05) is 6.92 Å². The Bertz CT molecular complexity index is 991. The van der Waals surface area contributed by atoms with Gasteiger partial charge < -0.3 is 19.5 Å². The fourth-order valence-corrected chi connectivity index (χ4v) is 4.67. The summed E-state index contributed by atoms with van der Waals surface area (Å²) in [6.07, 6.45) is 3.89. The Morgan fingerprint density at radius 1 is 1.39 bits per heavy atom. The predicted octanol–water partition coefficient (Wildman–Crippen LogP) is 2.64. The van der Waals surface area contributed by atoms with Gasteiger partial charge in [-0.2, -0.15) is 0 Å². The molecule has 3 heterocycles. The van der Waals surface area contributed by atoms with Crippen LogP contribution in [0.25, 0.3) is 11.0 Å². The maximum Gasteiger partial charge on any atom is 0.343 e. The van der Waals surface area contributed by atoms with Crippen LogP contribution < -0.4 is 10.7 Å². The van der Waals surface area contributed by atoms with E-state index in [1.54, 1.807) is 13.1 Å². The zero-order valence-corrected chi connectivity index (χ0v) is 20.9. The van der Waals surface area contributed by atoms with Crippen LogP contribution in [0.2, 0.25) is 0 Å². The van der Waals surface area contributed by atoms with Crippen molar-refractivity contribution in [2.45, 2.75) is 39.3 Å². The third-order valence-electron chi connectivity index (χ3n) is 5.66. The fourth-order valence-electron chi connectivity index (χ4n) is 4.05. The number of ether oxygens (including phenoxy) is 1. The maximum atomic E-state index is 13.1. The van der Waals surface area contributed by atoms with Crippen molar-refractivity contribution in [1.82, 2.24) is 19.4 Å². The highest BCUT2D eigenvalue weighted by atomic mass is 127. The molecule has 1 unspecified atom stereocenters. The van der Waals surface area contributed by atoms with Gasteiger partial charge in [0.15, 0.2) is 0 Å². The number of esters is 1. The van der Waals surface area contributed by atoms with Gasteiger partial charge in [-0.05, 0) is 75.6 Å². The van der Waals surface area contributed by atoms with Gasteiger partial charge in [0.1, 0.15) is 17.0 Å². The Kier molecular flexibility index (Phi) is 8.29. The number of pyridine rings is 2. The predicted molar refractivity (Wildman–Crippen MR) is 132 cm³/mol. The van der Waals surface area contributed by atoms with E-state index < -0.39 is 5.97 Å². The van der Waals surface area contributed by atoms with Gasteiger partial charge in [-0.15, -0.1) is 0 Å². The fraction of sp³-hybridized carbons (Fsp3) is 0.591. The molecular formula is C22H32IN5O3. The van der Waals surface area contributed by atoms with E-state index in [-0.39, 0.29) is 17.6 Å². The molecule has 1 saturated heterocycles. The van der Waals surface area contributed by atoms with E-state index in [0.717, 1.165) is 48.4 Å². The lowest BCUT2D eigenvalue weighted by Crippen LogP contribution is -2.34. The number of carbonyl (C=O) groups excluding carboxylic acids is 1. The van der Waals surface area contributed by atoms with Gasteiger partial charge in [0, 0.05) is 31.9 Å². The maximum absolute atomic E-state index is 13.1. The quantitative estimate of drug-likeness (QED) is 0.387. The average Bonchev–Trinajstić information content (AvgIpc) is 3.18. The van der Waals surface area contributed by atoms with Gasteiger partial charge >= 0.3 is 5.97 Å². The van der Waals surface area contributed by atoms with Crippen LogP contribution in [0.3, 0.4) is 0 Å². The highest BCUT2D eigenvalue weighted by Crippen LogP contribution is 2.24. The zero-order valence-electron chi connectivity index (χ0n) is 18.8. The van der Waals surface area contributed by atoms with Crippen LogP contribution in [0.15, 0.2) is 17.1 Å². The summed E-state index contributed by atoms with van der Waals surface area (Å²) in [4.78, 5) is 35.0. The number of hydrogen-bond acceptors (Lipinski definition) is 7. The van der Waals surface area contributed by atoms with Crippen molar-refractivity contribution in [2.75, 3.05) is 52.2 Å². The Morgan fingerprint density at radius 3 is 2.84 bits per heavy atom. The Balaban J connectivity index is 2.08. The number of anilines is 1. The molecule has 0 radical (unpaired) electrons. The van der Waals surface area contributed by atoms with Crippen molar-refractivity contribution < 1.29 is 9.53 Å². The van der Waals surface area contributed by atoms with Crippen molar-refractivity contribution >= 4 is 45.4 Å². The normalized spacial score (nSPS) is 16.9. The smallest absolute Gasteiger partial charge is 0.343 e. The minimum Gasteiger partial charge on any atom is -0.462 e. The number of fused-ring (bicyclic) bond motifs is 1. The highest BCUT2D eigenvalue weighted by Gasteiger charge is 2.25. The Morgan fingerprint density at radius 2 is 2.16 bits per heavy atom. The zero-order chi connectivity index (χ0) is 22.5. The molecule has 0 aliphatic carbocycles. The van der Waals surface area contributed by atoms with Crippen LogP contribution in [0.5, 0.6) is 0 Å². The summed E-state index contributed by atoms with van der Waals surface area (Å²) in [6, 6.07) is 2.19. The first-order chi connectivity index (χ1) is 14.8. The number of likely N-dealkylation sites (N-methyl/N-ethyl adjacent to an activating group) is 2. The number of rotatable bonds is 9. The second-order valence-corrected chi connectivity index (χ2v) is 9.25. The van der Waals surface area contributed by atoms with Gasteiger partial charge in [-0.3, -0.25) is 9.69 Å². The number of aromatic nitrogens is 2. The molecule has 1 aliphatic rings. The number of carbonyl (C=O) groups is 1. The largest absolute Gasteiger partial charge is 0.462 e. The monoisotopic (exact) mass is 541 g/mol. The summed E-state index contributed by atoms with van der Waals surface area (Å²) >= 11 is 2.19. The van der Waals surface area contributed by atoms with Crippen molar-refractivity contribution in [3.05, 3.63) is 31.6 Å². The lowest BCUT2D eigenvalue weighted by atomic mass is 10.1. The van der Waals surface area contributed by atoms with E-state index in [9.17, 15) is 9.59 Å². The van der Waals surface area contributed by atoms with E-state index >= 15 is 0 Å². The minimum absolute atomic E-state index is 0.0707. The van der Waals surface area contributed by atoms with E-state index in [4.69, 9.17) is 9.72 Å². The number of halogens is 1. The van der Waals surface area contributed by atoms with Crippen LogP contribution in [0, 0.1) is 3.57 Å². The molecular weight excluding hydrogens is 509 g/mol. The molecule has 1 N–H and O–H groups in total. The van der Waals surface area contributed by atoms with Crippen LogP contribution in [0.1, 0.15) is 37.0 Å². The lowest BCUT2D eigenvalue weighted by molar-refractivity contribution is 0.0524. The first-order valence-electron chi connectivity index (χ1n) is 10.9. The third kappa shape index (κ3) is 5.56. The van der Waals surface area contributed by atoms with Crippen molar-refractivity contribution in [3.63, 3.8) is 0 Å². The summed E-state index contributed by atoms with van der Waals surface area (Å²) in [6.45, 7) is 8.50. The lowest BCUT2D eigenvalue weighted by Gasteiger charge is -2.25. The van der Waals surface area contributed by atoms with Crippen LogP contribution in [-0.2, 0) is 11.3 Å². The molecule has 170 valence electrons. The second kappa shape index (κ2) is 10.7. The van der Waals surface area contributed by atoms with E-state index in [0.29, 0.717) is 23.6 Å². The van der Waals surface area contributed by atoms with Crippen molar-refractivity contribution in [3.8, 4) is 0 Å². The molecule has 0 aromatic carbocycles. The Hall–Kier alpha value is -1.72.